The second kappa shape index (κ2) is 7.84. The van der Waals surface area contributed by atoms with Crippen molar-refractivity contribution in [3.63, 3.8) is 0 Å². The van der Waals surface area contributed by atoms with E-state index in [4.69, 9.17) is 0 Å². The third-order valence-electron chi connectivity index (χ3n) is 5.28. The summed E-state index contributed by atoms with van der Waals surface area (Å²) < 4.78 is 13.0. The highest BCUT2D eigenvalue weighted by atomic mass is 19.1. The number of aromatic nitrogens is 3. The van der Waals surface area contributed by atoms with Crippen molar-refractivity contribution in [3.8, 4) is 11.3 Å². The zero-order valence-electron chi connectivity index (χ0n) is 17.0. The number of rotatable bonds is 7. The molecule has 0 radical (unpaired) electrons. The summed E-state index contributed by atoms with van der Waals surface area (Å²) in [6, 6.07) is 10.8. The van der Waals surface area contributed by atoms with E-state index in [1.165, 1.54) is 12.3 Å². The van der Waals surface area contributed by atoms with Crippen LogP contribution in [0.3, 0.4) is 0 Å². The summed E-state index contributed by atoms with van der Waals surface area (Å²) in [6.07, 6.45) is 5.48. The van der Waals surface area contributed by atoms with E-state index in [2.05, 4.69) is 35.7 Å². The molecular formula is C23H28FN3O. The lowest BCUT2D eigenvalue weighted by atomic mass is 9.85. The fraction of sp³-hybridized carbons (Fsp3) is 0.391. The average molecular weight is 381 g/mol. The van der Waals surface area contributed by atoms with Crippen LogP contribution in [-0.4, -0.2) is 20.1 Å². The van der Waals surface area contributed by atoms with Crippen LogP contribution < -0.4 is 0 Å². The van der Waals surface area contributed by atoms with Crippen LogP contribution >= 0.6 is 0 Å². The average Bonchev–Trinajstić information content (AvgIpc) is 3.12. The maximum atomic E-state index is 13.0. The molecule has 1 atom stereocenters. The van der Waals surface area contributed by atoms with Crippen LogP contribution in [0, 0.1) is 11.2 Å². The van der Waals surface area contributed by atoms with Crippen molar-refractivity contribution in [1.29, 1.82) is 0 Å². The third kappa shape index (κ3) is 4.84. The number of imidazole rings is 1. The van der Waals surface area contributed by atoms with Gasteiger partial charge >= 0.3 is 0 Å². The number of nitrogens with one attached hydrogen (secondary N) is 1. The number of nitrogens with zero attached hydrogens (tertiary/aromatic N) is 2. The molecule has 0 fully saturated rings. The molecule has 0 saturated carbocycles. The quantitative estimate of drug-likeness (QED) is 0.603. The van der Waals surface area contributed by atoms with Crippen molar-refractivity contribution in [2.75, 3.05) is 0 Å². The van der Waals surface area contributed by atoms with Crippen LogP contribution in [0.4, 0.5) is 4.39 Å². The van der Waals surface area contributed by atoms with Crippen molar-refractivity contribution in [3.05, 3.63) is 71.7 Å². The third-order valence-corrected chi connectivity index (χ3v) is 5.28. The van der Waals surface area contributed by atoms with Crippen LogP contribution in [0.5, 0.6) is 0 Å². The van der Waals surface area contributed by atoms with Gasteiger partial charge in [0.1, 0.15) is 17.2 Å². The summed E-state index contributed by atoms with van der Waals surface area (Å²) in [6.45, 7) is 8.39. The molecule has 4 nitrogen and oxygen atoms in total. The first-order valence-corrected chi connectivity index (χ1v) is 9.66. The van der Waals surface area contributed by atoms with E-state index >= 15 is 0 Å². The minimum absolute atomic E-state index is 0.183. The Hall–Kier alpha value is -2.53. The van der Waals surface area contributed by atoms with E-state index in [1.807, 2.05) is 30.5 Å². The number of aliphatic hydroxyl groups is 1. The maximum Gasteiger partial charge on any atom is 0.141 e. The van der Waals surface area contributed by atoms with E-state index in [1.54, 1.807) is 13.0 Å². The van der Waals surface area contributed by atoms with Crippen molar-refractivity contribution >= 4 is 0 Å². The molecule has 0 saturated heterocycles. The van der Waals surface area contributed by atoms with Crippen LogP contribution in [0.15, 0.2) is 48.8 Å². The molecule has 0 aliphatic heterocycles. The van der Waals surface area contributed by atoms with Crippen LogP contribution in [0.25, 0.3) is 11.3 Å². The Kier molecular flexibility index (Phi) is 5.66. The summed E-state index contributed by atoms with van der Waals surface area (Å²) >= 11 is 0. The van der Waals surface area contributed by atoms with Crippen molar-refractivity contribution in [1.82, 2.24) is 15.0 Å². The summed E-state index contributed by atoms with van der Waals surface area (Å²) in [4.78, 5) is 11.9. The van der Waals surface area contributed by atoms with Gasteiger partial charge in [-0.05, 0) is 36.5 Å². The topological polar surface area (TPSA) is 61.8 Å². The molecule has 0 aliphatic carbocycles. The first-order chi connectivity index (χ1) is 13.2. The second-order valence-corrected chi connectivity index (χ2v) is 8.44. The van der Waals surface area contributed by atoms with Gasteiger partial charge in [0.2, 0.25) is 0 Å². The molecule has 2 heterocycles. The predicted octanol–water partition coefficient (Wildman–Crippen LogP) is 5.04. The van der Waals surface area contributed by atoms with Gasteiger partial charge in [0.15, 0.2) is 0 Å². The number of hydrogen-bond acceptors (Lipinski definition) is 3. The highest BCUT2D eigenvalue weighted by Gasteiger charge is 2.28. The molecule has 1 unspecified atom stereocenters. The Bertz CT molecular complexity index is 912. The molecule has 0 aliphatic rings. The van der Waals surface area contributed by atoms with Gasteiger partial charge in [0.05, 0.1) is 17.6 Å². The molecule has 5 heteroatoms. The Labute approximate surface area is 165 Å². The van der Waals surface area contributed by atoms with Crippen LogP contribution in [0.1, 0.15) is 51.2 Å². The largest absolute Gasteiger partial charge is 0.382 e. The smallest absolute Gasteiger partial charge is 0.141 e. The van der Waals surface area contributed by atoms with Gasteiger partial charge in [-0.25, -0.2) is 9.37 Å². The van der Waals surface area contributed by atoms with Gasteiger partial charge in [0.25, 0.3) is 0 Å². The Morgan fingerprint density at radius 2 is 1.75 bits per heavy atom. The van der Waals surface area contributed by atoms with Gasteiger partial charge in [0, 0.05) is 18.2 Å². The molecule has 2 N–H and O–H groups in total. The molecule has 1 aromatic carbocycles. The molecule has 0 spiro atoms. The summed E-state index contributed by atoms with van der Waals surface area (Å²) in [5.41, 5.74) is 2.68. The number of benzene rings is 1. The number of pyridine rings is 1. The fourth-order valence-electron chi connectivity index (χ4n) is 3.16. The van der Waals surface area contributed by atoms with Crippen molar-refractivity contribution < 1.29 is 9.50 Å². The molecule has 2 aromatic heterocycles. The molecule has 3 aromatic rings. The van der Waals surface area contributed by atoms with E-state index in [0.717, 1.165) is 29.7 Å². The molecular weight excluding hydrogens is 353 g/mol. The van der Waals surface area contributed by atoms with Gasteiger partial charge in [-0.1, -0.05) is 51.5 Å². The molecule has 0 bridgehead atoms. The zero-order chi connectivity index (χ0) is 20.4. The molecule has 28 heavy (non-hydrogen) atoms. The fourth-order valence-corrected chi connectivity index (χ4v) is 3.16. The summed E-state index contributed by atoms with van der Waals surface area (Å²) in [5.74, 6) is 0.232. The van der Waals surface area contributed by atoms with Gasteiger partial charge in [-0.15, -0.1) is 0 Å². The van der Waals surface area contributed by atoms with E-state index < -0.39 is 5.60 Å². The maximum absolute atomic E-state index is 13.0. The van der Waals surface area contributed by atoms with Gasteiger partial charge in [-0.2, -0.15) is 0 Å². The van der Waals surface area contributed by atoms with E-state index in [9.17, 15) is 9.50 Å². The Morgan fingerprint density at radius 1 is 1.04 bits per heavy atom. The molecule has 0 amide bonds. The molecule has 148 valence electrons. The predicted molar refractivity (Wildman–Crippen MR) is 109 cm³/mol. The Balaban J connectivity index is 1.72. The zero-order valence-corrected chi connectivity index (χ0v) is 17.0. The first kappa shape index (κ1) is 20.2. The van der Waals surface area contributed by atoms with Gasteiger partial charge in [-0.3, -0.25) is 4.98 Å². The second-order valence-electron chi connectivity index (χ2n) is 8.44. The van der Waals surface area contributed by atoms with Crippen molar-refractivity contribution in [2.45, 2.75) is 52.6 Å². The highest BCUT2D eigenvalue weighted by molar-refractivity contribution is 5.59. The lowest BCUT2D eigenvalue weighted by Crippen LogP contribution is -2.26. The van der Waals surface area contributed by atoms with Crippen LogP contribution in [-0.2, 0) is 18.4 Å². The highest BCUT2D eigenvalue weighted by Crippen LogP contribution is 2.28. The number of aromatic amines is 1. The number of halogens is 1. The minimum atomic E-state index is -1.09. The Morgan fingerprint density at radius 3 is 2.36 bits per heavy atom. The lowest BCUT2D eigenvalue weighted by molar-refractivity contribution is 0.0488. The van der Waals surface area contributed by atoms with Crippen molar-refractivity contribution in [2.24, 2.45) is 5.41 Å². The summed E-state index contributed by atoms with van der Waals surface area (Å²) in [5, 5.41) is 11.0. The lowest BCUT2D eigenvalue weighted by Gasteiger charge is -2.22. The van der Waals surface area contributed by atoms with Gasteiger partial charge < -0.3 is 10.1 Å². The SMILES string of the molecule is CCC(C)(C)Cc1c[nH]c(C(C)(O)Cc2ccc(-c3ccc(F)cn3)cc2)n1. The summed E-state index contributed by atoms with van der Waals surface area (Å²) in [7, 11) is 0. The minimum Gasteiger partial charge on any atom is -0.382 e. The number of H-pyrrole nitrogens is 1. The van der Waals surface area contributed by atoms with E-state index in [0.29, 0.717) is 17.9 Å². The van der Waals surface area contributed by atoms with Crippen LogP contribution in [0.2, 0.25) is 0 Å². The number of hydrogen-bond donors (Lipinski definition) is 2. The standard InChI is InChI=1S/C23H28FN3O/c1-5-22(2,3)13-19-15-26-21(27-19)23(4,28)12-16-6-8-17(9-7-16)20-11-10-18(24)14-25-20/h6-11,14-15,28H,5,12-13H2,1-4H3,(H,26,27). The first-order valence-electron chi connectivity index (χ1n) is 9.66. The molecule has 3 rings (SSSR count). The normalized spacial score (nSPS) is 14.1. The monoisotopic (exact) mass is 381 g/mol. The van der Waals surface area contributed by atoms with E-state index in [-0.39, 0.29) is 11.2 Å².